The van der Waals surface area contributed by atoms with Gasteiger partial charge in [0.15, 0.2) is 0 Å². The Morgan fingerprint density at radius 1 is 0.346 bits per heavy atom. The molecule has 0 spiro atoms. The number of nitrogens with zero attached hydrogens (tertiary/aromatic N) is 6. The molecule has 2 aromatic heterocycles. The zero-order chi connectivity index (χ0) is 36.8. The number of aliphatic imine (C=N–C) groups is 4. The predicted molar refractivity (Wildman–Crippen MR) is 220 cm³/mol. The maximum atomic E-state index is 4.98. The van der Waals surface area contributed by atoms with Gasteiger partial charge in [-0.3, -0.25) is 20.0 Å². The molecule has 0 radical (unpaired) electrons. The molecule has 0 aliphatic rings. The van der Waals surface area contributed by atoms with Crippen LogP contribution in [-0.4, -0.2) is 32.8 Å². The van der Waals surface area contributed by atoms with E-state index in [1.807, 2.05) is 100 Å². The van der Waals surface area contributed by atoms with Crippen molar-refractivity contribution in [3.05, 3.63) is 166 Å². The Morgan fingerprint density at radius 3 is 0.962 bits per heavy atom. The summed E-state index contributed by atoms with van der Waals surface area (Å²) in [5, 5.41) is 0. The molecule has 6 aromatic rings. The number of hydrogen-bond acceptors (Lipinski definition) is 6. The largest absolute Gasteiger partial charge is 0.251 e. The molecule has 6 nitrogen and oxygen atoms in total. The van der Waals surface area contributed by atoms with Gasteiger partial charge in [0.05, 0.1) is 68.4 Å². The van der Waals surface area contributed by atoms with Gasteiger partial charge in [-0.25, -0.2) is 9.97 Å². The molecule has 2 heterocycles. The van der Waals surface area contributed by atoms with Crippen LogP contribution in [0, 0.1) is 27.7 Å². The van der Waals surface area contributed by atoms with Crippen LogP contribution in [0.15, 0.2) is 141 Å². The minimum atomic E-state index is 0.829. The van der Waals surface area contributed by atoms with Gasteiger partial charge in [-0.1, -0.05) is 60.7 Å². The lowest BCUT2D eigenvalue weighted by Crippen LogP contribution is -2.05. The first-order valence-electron chi connectivity index (χ1n) is 17.6. The summed E-state index contributed by atoms with van der Waals surface area (Å²) in [4.78, 5) is 29.4. The van der Waals surface area contributed by atoms with E-state index in [2.05, 4.69) is 76.2 Å². The first-order chi connectivity index (χ1) is 25.0. The van der Waals surface area contributed by atoms with E-state index in [0.717, 1.165) is 102 Å². The molecule has 0 bridgehead atoms. The third kappa shape index (κ3) is 8.41. The van der Waals surface area contributed by atoms with Gasteiger partial charge >= 0.3 is 0 Å². The van der Waals surface area contributed by atoms with E-state index in [9.17, 15) is 0 Å². The van der Waals surface area contributed by atoms with Crippen LogP contribution in [0.2, 0.25) is 0 Å². The molecule has 6 heteroatoms. The summed E-state index contributed by atoms with van der Waals surface area (Å²) in [6, 6.07) is 41.0. The number of pyridine rings is 2. The van der Waals surface area contributed by atoms with Gasteiger partial charge in [-0.05, 0) is 149 Å². The monoisotopic (exact) mass is 680 g/mol. The number of benzene rings is 4. The van der Waals surface area contributed by atoms with Gasteiger partial charge in [-0.2, -0.15) is 0 Å². The average molecular weight is 681 g/mol. The zero-order valence-corrected chi connectivity index (χ0v) is 31.2. The van der Waals surface area contributed by atoms with Crippen molar-refractivity contribution in [1.82, 2.24) is 9.97 Å². The lowest BCUT2D eigenvalue weighted by Gasteiger charge is -2.10. The number of hydrogen-bond donors (Lipinski definition) is 0. The molecule has 0 saturated carbocycles. The van der Waals surface area contributed by atoms with Gasteiger partial charge in [-0.15, -0.1) is 0 Å². The maximum absolute atomic E-state index is 4.98. The Labute approximate surface area is 307 Å². The average Bonchev–Trinajstić information content (AvgIpc) is 3.15. The van der Waals surface area contributed by atoms with E-state index < -0.39 is 0 Å². The first kappa shape index (κ1) is 35.7. The number of aryl methyl sites for hydroxylation is 4. The summed E-state index contributed by atoms with van der Waals surface area (Å²) >= 11 is 0. The zero-order valence-electron chi connectivity index (χ0n) is 31.2. The topological polar surface area (TPSA) is 75.2 Å². The van der Waals surface area contributed by atoms with E-state index in [4.69, 9.17) is 29.9 Å². The van der Waals surface area contributed by atoms with Crippen molar-refractivity contribution in [2.75, 3.05) is 0 Å². The van der Waals surface area contributed by atoms with Crippen LogP contribution in [-0.2, 0) is 0 Å². The van der Waals surface area contributed by atoms with Gasteiger partial charge in [0.25, 0.3) is 0 Å². The van der Waals surface area contributed by atoms with Crippen molar-refractivity contribution in [3.8, 4) is 11.1 Å². The van der Waals surface area contributed by atoms with E-state index >= 15 is 0 Å². The van der Waals surface area contributed by atoms with Crippen molar-refractivity contribution in [2.24, 2.45) is 20.0 Å². The second-order valence-electron chi connectivity index (χ2n) is 13.2. The Kier molecular flexibility index (Phi) is 10.9. The molecule has 52 heavy (non-hydrogen) atoms. The lowest BCUT2D eigenvalue weighted by atomic mass is 10.00. The highest BCUT2D eigenvalue weighted by Gasteiger charge is 2.10. The van der Waals surface area contributed by atoms with Crippen molar-refractivity contribution < 1.29 is 0 Å². The quantitative estimate of drug-likeness (QED) is 0.143. The number of rotatable bonds is 9. The van der Waals surface area contributed by atoms with E-state index in [1.165, 1.54) is 0 Å². The Morgan fingerprint density at radius 2 is 0.654 bits per heavy atom. The molecule has 0 unspecified atom stereocenters. The first-order valence-corrected chi connectivity index (χ1v) is 17.6. The third-order valence-electron chi connectivity index (χ3n) is 9.09. The summed E-state index contributed by atoms with van der Waals surface area (Å²) in [6.07, 6.45) is 0. The summed E-state index contributed by atoms with van der Waals surface area (Å²) < 4.78 is 0. The molecule has 0 fully saturated rings. The standard InChI is InChI=1S/C46H44N6/c1-29-15-9-11-17-39(29)47-33(5)43-19-13-21-45(51-43)35(7)49-41-25-23-37(27-31(41)3)38-24-26-42(32(4)28-38)50-36(8)46-22-14-20-44(52-46)34(6)48-40-18-12-10-16-30(40)2/h9-28H,1-8H3/b47-33+,48-34+,49-35+,50-36+. The fourth-order valence-electron chi connectivity index (χ4n) is 5.93. The number of para-hydroxylation sites is 2. The molecule has 0 N–H and O–H groups in total. The van der Waals surface area contributed by atoms with Crippen LogP contribution < -0.4 is 0 Å². The van der Waals surface area contributed by atoms with Gasteiger partial charge in [0.1, 0.15) is 0 Å². The van der Waals surface area contributed by atoms with E-state index in [1.54, 1.807) is 0 Å². The molecule has 0 saturated heterocycles. The van der Waals surface area contributed by atoms with Crippen LogP contribution in [0.25, 0.3) is 11.1 Å². The fraction of sp³-hybridized carbons (Fsp3) is 0.174. The highest BCUT2D eigenvalue weighted by Crippen LogP contribution is 2.31. The van der Waals surface area contributed by atoms with Crippen LogP contribution >= 0.6 is 0 Å². The second kappa shape index (κ2) is 15.8. The maximum Gasteiger partial charge on any atom is 0.0849 e. The third-order valence-corrected chi connectivity index (χ3v) is 9.09. The summed E-state index contributed by atoms with van der Waals surface area (Å²) in [5.41, 5.74) is 17.2. The number of aromatic nitrogens is 2. The van der Waals surface area contributed by atoms with Gasteiger partial charge < -0.3 is 0 Å². The Bertz CT molecular complexity index is 2230. The Hall–Kier alpha value is -6.14. The molecule has 258 valence electrons. The molecule has 0 aliphatic heterocycles. The molecule has 0 aliphatic carbocycles. The van der Waals surface area contributed by atoms with Crippen LogP contribution in [0.5, 0.6) is 0 Å². The molecule has 6 rings (SSSR count). The highest BCUT2D eigenvalue weighted by atomic mass is 14.8. The smallest absolute Gasteiger partial charge is 0.0849 e. The van der Waals surface area contributed by atoms with Crippen LogP contribution in [0.1, 0.15) is 72.7 Å². The summed E-state index contributed by atoms with van der Waals surface area (Å²) in [5.74, 6) is 0. The van der Waals surface area contributed by atoms with Crippen molar-refractivity contribution in [2.45, 2.75) is 55.4 Å². The normalized spacial score (nSPS) is 12.7. The van der Waals surface area contributed by atoms with E-state index in [0.29, 0.717) is 0 Å². The van der Waals surface area contributed by atoms with E-state index in [-0.39, 0.29) is 0 Å². The minimum absolute atomic E-state index is 0.829. The second-order valence-corrected chi connectivity index (χ2v) is 13.2. The summed E-state index contributed by atoms with van der Waals surface area (Å²) in [6.45, 7) is 16.3. The SMILES string of the molecule is C/C(=N\c1ccccc1C)c1cccc(/C(C)=N/c2ccc(-c3ccc(/N=C(\C)c4cccc(/C(C)=N/c5ccccc5C)n4)c(C)c3)cc2C)n1. The fourth-order valence-corrected chi connectivity index (χ4v) is 5.93. The molecule has 0 atom stereocenters. The predicted octanol–water partition coefficient (Wildman–Crippen LogP) is 11.9. The van der Waals surface area contributed by atoms with Crippen molar-refractivity contribution >= 4 is 45.6 Å². The molecule has 0 amide bonds. The molecular weight excluding hydrogens is 637 g/mol. The summed E-state index contributed by atoms with van der Waals surface area (Å²) in [7, 11) is 0. The van der Waals surface area contributed by atoms with Gasteiger partial charge in [0.2, 0.25) is 0 Å². The molecule has 4 aromatic carbocycles. The van der Waals surface area contributed by atoms with Crippen molar-refractivity contribution in [3.63, 3.8) is 0 Å². The van der Waals surface area contributed by atoms with Crippen LogP contribution in [0.4, 0.5) is 22.7 Å². The molecular formula is C46H44N6. The minimum Gasteiger partial charge on any atom is -0.251 e. The van der Waals surface area contributed by atoms with Gasteiger partial charge in [0, 0.05) is 0 Å². The Balaban J connectivity index is 1.19. The van der Waals surface area contributed by atoms with Crippen molar-refractivity contribution in [1.29, 1.82) is 0 Å². The highest BCUT2D eigenvalue weighted by molar-refractivity contribution is 6.03. The lowest BCUT2D eigenvalue weighted by molar-refractivity contribution is 1.23. The van der Waals surface area contributed by atoms with Crippen LogP contribution in [0.3, 0.4) is 0 Å².